The van der Waals surface area contributed by atoms with Gasteiger partial charge in [0.25, 0.3) is 8.32 Å². The first kappa shape index (κ1) is 35.6. The Morgan fingerprint density at radius 1 is 0.956 bits per heavy atom. The van der Waals surface area contributed by atoms with Gasteiger partial charge < -0.3 is 18.8 Å². The first-order valence-corrected chi connectivity index (χ1v) is 18.5. The standard InChI is InChI=1S/C36H52F3NO4Si/c1-28(22-26-44-45(34(2,3)4,30-17-8-6-9-18-30)31-19-10-7-11-20-31)32-21-13-24-35(32)23-12-15-29(16-14-25-43-27-42-5)40(35)33(41)36(37,38)39/h6-11,17-20,28-29,32H,12-16,21-27H2,1-5H3/t28-,29+,32+,35+/m0/s1. The highest BCUT2D eigenvalue weighted by molar-refractivity contribution is 6.99. The van der Waals surface area contributed by atoms with Crippen molar-refractivity contribution in [3.05, 3.63) is 60.7 Å². The summed E-state index contributed by atoms with van der Waals surface area (Å²) in [5, 5.41) is 2.26. The minimum absolute atomic E-state index is 0.0147. The number of nitrogens with zero attached hydrogens (tertiary/aromatic N) is 1. The van der Waals surface area contributed by atoms with Gasteiger partial charge in [0.15, 0.2) is 0 Å². The number of rotatable bonds is 13. The summed E-state index contributed by atoms with van der Waals surface area (Å²) in [6.45, 7) is 9.95. The first-order chi connectivity index (χ1) is 21.4. The Labute approximate surface area is 268 Å². The summed E-state index contributed by atoms with van der Waals surface area (Å²) < 4.78 is 60.1. The maximum absolute atomic E-state index is 14.2. The number of ether oxygens (including phenoxy) is 2. The van der Waals surface area contributed by atoms with E-state index in [-0.39, 0.29) is 23.7 Å². The van der Waals surface area contributed by atoms with Crippen molar-refractivity contribution in [2.45, 2.75) is 108 Å². The van der Waals surface area contributed by atoms with Gasteiger partial charge in [-0.05, 0) is 78.6 Å². The molecule has 0 bridgehead atoms. The third-order valence-corrected chi connectivity index (χ3v) is 15.3. The normalized spacial score (nSPS) is 23.4. The minimum atomic E-state index is -4.90. The van der Waals surface area contributed by atoms with Gasteiger partial charge in [-0.15, -0.1) is 0 Å². The lowest BCUT2D eigenvalue weighted by Gasteiger charge is -2.54. The number of hydrogen-bond donors (Lipinski definition) is 0. The van der Waals surface area contributed by atoms with Crippen molar-refractivity contribution in [1.82, 2.24) is 4.90 Å². The second-order valence-corrected chi connectivity index (χ2v) is 18.4. The number of carbonyl (C=O) groups excluding carboxylic acids is 1. The molecule has 2 fully saturated rings. The summed E-state index contributed by atoms with van der Waals surface area (Å²) >= 11 is 0. The molecule has 5 nitrogen and oxygen atoms in total. The van der Waals surface area contributed by atoms with Gasteiger partial charge >= 0.3 is 12.1 Å². The van der Waals surface area contributed by atoms with E-state index in [1.165, 1.54) is 22.4 Å². The molecular formula is C36H52F3NO4Si. The Balaban J connectivity index is 1.58. The van der Waals surface area contributed by atoms with Crippen molar-refractivity contribution in [2.75, 3.05) is 27.1 Å². The van der Waals surface area contributed by atoms with E-state index in [2.05, 4.69) is 76.2 Å². The monoisotopic (exact) mass is 647 g/mol. The van der Waals surface area contributed by atoms with Crippen LogP contribution in [-0.2, 0) is 18.7 Å². The summed E-state index contributed by atoms with van der Waals surface area (Å²) in [5.41, 5.74) is -0.778. The molecule has 1 spiro atoms. The molecule has 0 radical (unpaired) electrons. The molecule has 0 unspecified atom stereocenters. The van der Waals surface area contributed by atoms with E-state index in [1.54, 1.807) is 0 Å². The molecule has 1 aliphatic carbocycles. The Morgan fingerprint density at radius 2 is 1.53 bits per heavy atom. The van der Waals surface area contributed by atoms with E-state index in [0.29, 0.717) is 45.3 Å². The zero-order valence-electron chi connectivity index (χ0n) is 27.7. The van der Waals surface area contributed by atoms with Crippen LogP contribution in [0.25, 0.3) is 0 Å². The Hall–Kier alpha value is -2.20. The Morgan fingerprint density at radius 3 is 2.07 bits per heavy atom. The topological polar surface area (TPSA) is 48.0 Å². The molecule has 9 heteroatoms. The molecule has 2 aromatic carbocycles. The number of likely N-dealkylation sites (tertiary alicyclic amines) is 1. The molecular weight excluding hydrogens is 595 g/mol. The number of piperidine rings is 1. The average Bonchev–Trinajstić information content (AvgIpc) is 3.42. The van der Waals surface area contributed by atoms with Crippen LogP contribution in [0.3, 0.4) is 0 Å². The van der Waals surface area contributed by atoms with Crippen LogP contribution in [0.5, 0.6) is 0 Å². The minimum Gasteiger partial charge on any atom is -0.407 e. The molecule has 1 amide bonds. The first-order valence-electron chi connectivity index (χ1n) is 16.6. The molecule has 1 aliphatic heterocycles. The van der Waals surface area contributed by atoms with Crippen molar-refractivity contribution in [3.8, 4) is 0 Å². The van der Waals surface area contributed by atoms with Crippen molar-refractivity contribution in [3.63, 3.8) is 0 Å². The molecule has 0 N–H and O–H groups in total. The van der Waals surface area contributed by atoms with Crippen LogP contribution in [0.15, 0.2) is 60.7 Å². The molecule has 4 rings (SSSR count). The summed E-state index contributed by atoms with van der Waals surface area (Å²) in [6.07, 6.45) is 1.20. The van der Waals surface area contributed by atoms with Crippen LogP contribution < -0.4 is 10.4 Å². The molecule has 1 heterocycles. The molecule has 45 heavy (non-hydrogen) atoms. The number of hydrogen-bond acceptors (Lipinski definition) is 4. The predicted molar refractivity (Wildman–Crippen MR) is 175 cm³/mol. The second-order valence-electron chi connectivity index (χ2n) is 14.1. The van der Waals surface area contributed by atoms with Gasteiger partial charge in [-0.25, -0.2) is 0 Å². The fourth-order valence-electron chi connectivity index (χ4n) is 8.46. The number of benzene rings is 2. The number of methoxy groups -OCH3 is 1. The van der Waals surface area contributed by atoms with Gasteiger partial charge in [0.1, 0.15) is 6.79 Å². The summed E-state index contributed by atoms with van der Waals surface area (Å²) in [6, 6.07) is 20.5. The van der Waals surface area contributed by atoms with Crippen LogP contribution >= 0.6 is 0 Å². The lowest BCUT2D eigenvalue weighted by atomic mass is 9.70. The molecule has 250 valence electrons. The van der Waals surface area contributed by atoms with Crippen LogP contribution in [0.2, 0.25) is 5.04 Å². The third-order valence-electron chi connectivity index (χ3n) is 10.3. The van der Waals surface area contributed by atoms with Crippen LogP contribution in [0.4, 0.5) is 13.2 Å². The van der Waals surface area contributed by atoms with Gasteiger partial charge in [-0.1, -0.05) is 94.8 Å². The zero-order valence-corrected chi connectivity index (χ0v) is 28.7. The summed E-state index contributed by atoms with van der Waals surface area (Å²) in [7, 11) is -1.19. The highest BCUT2D eigenvalue weighted by Gasteiger charge is 2.59. The third kappa shape index (κ3) is 7.69. The molecule has 0 aromatic heterocycles. The molecule has 4 atom stereocenters. The van der Waals surface area contributed by atoms with Gasteiger partial charge in [-0.2, -0.15) is 13.2 Å². The lowest BCUT2D eigenvalue weighted by molar-refractivity contribution is -0.201. The van der Waals surface area contributed by atoms with E-state index in [4.69, 9.17) is 13.9 Å². The van der Waals surface area contributed by atoms with Crippen LogP contribution in [0.1, 0.15) is 85.5 Å². The van der Waals surface area contributed by atoms with Gasteiger partial charge in [-0.3, -0.25) is 4.79 Å². The molecule has 2 aliphatic rings. The highest BCUT2D eigenvalue weighted by Crippen LogP contribution is 2.53. The van der Waals surface area contributed by atoms with Crippen molar-refractivity contribution in [1.29, 1.82) is 0 Å². The zero-order chi connectivity index (χ0) is 32.7. The number of halogens is 3. The largest absolute Gasteiger partial charge is 0.471 e. The Bertz CT molecular complexity index is 1170. The van der Waals surface area contributed by atoms with Gasteiger partial charge in [0.2, 0.25) is 0 Å². The van der Waals surface area contributed by atoms with Gasteiger partial charge in [0, 0.05) is 31.9 Å². The van der Waals surface area contributed by atoms with Crippen LogP contribution in [0, 0.1) is 11.8 Å². The quantitative estimate of drug-likeness (QED) is 0.129. The smallest absolute Gasteiger partial charge is 0.407 e. The van der Waals surface area contributed by atoms with Crippen molar-refractivity contribution < 1.29 is 31.9 Å². The van der Waals surface area contributed by atoms with Crippen molar-refractivity contribution >= 4 is 24.6 Å². The lowest BCUT2D eigenvalue weighted by Crippen LogP contribution is -2.66. The maximum atomic E-state index is 14.2. The summed E-state index contributed by atoms with van der Waals surface area (Å²) in [5.74, 6) is -1.59. The van der Waals surface area contributed by atoms with E-state index in [0.717, 1.165) is 25.7 Å². The van der Waals surface area contributed by atoms with Gasteiger partial charge in [0.05, 0.1) is 0 Å². The molecule has 1 saturated carbocycles. The molecule has 2 aromatic rings. The van der Waals surface area contributed by atoms with E-state index < -0.39 is 32.0 Å². The number of carbonyl (C=O) groups is 1. The fourth-order valence-corrected chi connectivity index (χ4v) is 13.0. The second kappa shape index (κ2) is 15.1. The number of amides is 1. The maximum Gasteiger partial charge on any atom is 0.471 e. The average molecular weight is 648 g/mol. The van der Waals surface area contributed by atoms with E-state index in [9.17, 15) is 18.0 Å². The van der Waals surface area contributed by atoms with Crippen molar-refractivity contribution in [2.24, 2.45) is 11.8 Å². The predicted octanol–water partition coefficient (Wildman–Crippen LogP) is 7.47. The summed E-state index contributed by atoms with van der Waals surface area (Å²) in [4.78, 5) is 14.5. The van der Waals surface area contributed by atoms with E-state index >= 15 is 0 Å². The Kier molecular flexibility index (Phi) is 12.0. The number of alkyl halides is 3. The van der Waals surface area contributed by atoms with E-state index in [1.807, 2.05) is 12.1 Å². The fraction of sp³-hybridized carbons (Fsp3) is 0.639. The highest BCUT2D eigenvalue weighted by atomic mass is 28.4. The molecule has 1 saturated heterocycles. The van der Waals surface area contributed by atoms with Crippen LogP contribution in [-0.4, -0.2) is 64.0 Å². The SMILES string of the molecule is COCOCCC[C@H]1CCC[C@]2(CCC[C@@H]2[C@@H](C)CCO[Si](c2ccccc2)(c2ccccc2)C(C)(C)C)N1C(=O)C(F)(F)F.